The van der Waals surface area contributed by atoms with Crippen molar-refractivity contribution >= 4 is 22.9 Å². The van der Waals surface area contributed by atoms with Crippen molar-refractivity contribution in [3.05, 3.63) is 101 Å². The van der Waals surface area contributed by atoms with Gasteiger partial charge in [0, 0.05) is 28.6 Å². The van der Waals surface area contributed by atoms with Gasteiger partial charge in [-0.15, -0.1) is 0 Å². The zero-order valence-electron chi connectivity index (χ0n) is 17.8. The van der Waals surface area contributed by atoms with E-state index in [9.17, 15) is 4.79 Å². The molecule has 1 saturated carbocycles. The van der Waals surface area contributed by atoms with Crippen molar-refractivity contribution < 1.29 is 13.9 Å². The first-order chi connectivity index (χ1) is 15.1. The molecule has 1 aromatic carbocycles. The van der Waals surface area contributed by atoms with Crippen LogP contribution in [0.3, 0.4) is 0 Å². The Labute approximate surface area is 181 Å². The average Bonchev–Trinajstić information content (AvgIpc) is 3.48. The summed E-state index contributed by atoms with van der Waals surface area (Å²) >= 11 is 0. The number of benzene rings is 1. The lowest BCUT2D eigenvalue weighted by atomic mass is 9.73. The van der Waals surface area contributed by atoms with Crippen molar-refractivity contribution in [1.29, 1.82) is 0 Å². The molecule has 2 unspecified atom stereocenters. The lowest BCUT2D eigenvalue weighted by molar-refractivity contribution is -0.139. The molecular weight excluding hydrogens is 386 g/mol. The Hall–Kier alpha value is -3.53. The lowest BCUT2D eigenvalue weighted by Crippen LogP contribution is -2.25. The first kappa shape index (κ1) is 19.4. The highest BCUT2D eigenvalue weighted by Gasteiger charge is 2.44. The SMILES string of the molecule is C=C1/C(=C/c2c[nH]c3ccccc23)CC2=CC(C)=C(C(=O)OCC)C(c3ccco3)C12. The molecular formula is C27H25NO3. The quantitative estimate of drug-likeness (QED) is 0.511. The maximum Gasteiger partial charge on any atom is 0.335 e. The van der Waals surface area contributed by atoms with Gasteiger partial charge in [-0.05, 0) is 61.3 Å². The molecule has 2 atom stereocenters. The van der Waals surface area contributed by atoms with Gasteiger partial charge in [0.05, 0.1) is 24.4 Å². The summed E-state index contributed by atoms with van der Waals surface area (Å²) in [5.41, 5.74) is 7.36. The number of esters is 1. The van der Waals surface area contributed by atoms with Crippen LogP contribution in [0.15, 0.2) is 93.8 Å². The predicted octanol–water partition coefficient (Wildman–Crippen LogP) is 6.32. The van der Waals surface area contributed by atoms with Crippen molar-refractivity contribution in [2.24, 2.45) is 5.92 Å². The molecule has 2 aliphatic rings. The van der Waals surface area contributed by atoms with Gasteiger partial charge in [-0.3, -0.25) is 0 Å². The summed E-state index contributed by atoms with van der Waals surface area (Å²) in [7, 11) is 0. The first-order valence-electron chi connectivity index (χ1n) is 10.7. The zero-order chi connectivity index (χ0) is 21.5. The van der Waals surface area contributed by atoms with Crippen LogP contribution in [-0.4, -0.2) is 17.6 Å². The number of hydrogen-bond donors (Lipinski definition) is 1. The Morgan fingerprint density at radius 2 is 2.10 bits per heavy atom. The van der Waals surface area contributed by atoms with Crippen LogP contribution in [0, 0.1) is 5.92 Å². The third kappa shape index (κ3) is 3.19. The highest BCUT2D eigenvalue weighted by Crippen LogP contribution is 2.53. The number of ether oxygens (including phenoxy) is 1. The molecule has 31 heavy (non-hydrogen) atoms. The van der Waals surface area contributed by atoms with E-state index in [2.05, 4.69) is 41.9 Å². The van der Waals surface area contributed by atoms with Gasteiger partial charge in [0.25, 0.3) is 0 Å². The number of H-pyrrole nitrogens is 1. The molecule has 156 valence electrons. The van der Waals surface area contributed by atoms with E-state index in [1.807, 2.05) is 38.2 Å². The third-order valence-corrected chi connectivity index (χ3v) is 6.35. The number of hydrogen-bond acceptors (Lipinski definition) is 3. The molecule has 0 aliphatic heterocycles. The summed E-state index contributed by atoms with van der Waals surface area (Å²) in [6.45, 7) is 8.62. The molecule has 0 amide bonds. The molecule has 3 aromatic rings. The topological polar surface area (TPSA) is 55.2 Å². The molecule has 1 fully saturated rings. The Bertz CT molecular complexity index is 1270. The van der Waals surface area contributed by atoms with Crippen LogP contribution in [0.1, 0.15) is 37.5 Å². The number of carbonyl (C=O) groups is 1. The van der Waals surface area contributed by atoms with Crippen molar-refractivity contribution in [3.63, 3.8) is 0 Å². The zero-order valence-corrected chi connectivity index (χ0v) is 17.8. The summed E-state index contributed by atoms with van der Waals surface area (Å²) < 4.78 is 11.2. The van der Waals surface area contributed by atoms with Gasteiger partial charge in [-0.1, -0.05) is 36.4 Å². The molecule has 4 heteroatoms. The number of allylic oxidation sites excluding steroid dienone is 5. The molecule has 5 rings (SSSR count). The minimum absolute atomic E-state index is 0.00860. The fourth-order valence-corrected chi connectivity index (χ4v) is 5.01. The summed E-state index contributed by atoms with van der Waals surface area (Å²) in [5, 5.41) is 1.19. The normalized spacial score (nSPS) is 22.2. The van der Waals surface area contributed by atoms with Crippen molar-refractivity contribution in [3.8, 4) is 0 Å². The van der Waals surface area contributed by atoms with Crippen LogP contribution in [0.5, 0.6) is 0 Å². The van der Waals surface area contributed by atoms with Gasteiger partial charge in [0.15, 0.2) is 0 Å². The van der Waals surface area contributed by atoms with Gasteiger partial charge >= 0.3 is 5.97 Å². The van der Waals surface area contributed by atoms with Crippen LogP contribution < -0.4 is 0 Å². The molecule has 4 nitrogen and oxygen atoms in total. The van der Waals surface area contributed by atoms with Gasteiger partial charge < -0.3 is 14.1 Å². The molecule has 0 bridgehead atoms. The number of rotatable bonds is 4. The molecule has 2 aromatic heterocycles. The Morgan fingerprint density at radius 3 is 2.87 bits per heavy atom. The van der Waals surface area contributed by atoms with E-state index in [1.165, 1.54) is 16.5 Å². The lowest BCUT2D eigenvalue weighted by Gasteiger charge is -2.30. The van der Waals surface area contributed by atoms with E-state index in [1.54, 1.807) is 6.26 Å². The van der Waals surface area contributed by atoms with Gasteiger partial charge in [-0.25, -0.2) is 4.79 Å². The molecule has 0 radical (unpaired) electrons. The van der Waals surface area contributed by atoms with E-state index in [0.717, 1.165) is 34.4 Å². The van der Waals surface area contributed by atoms with E-state index < -0.39 is 0 Å². The number of furan rings is 1. The van der Waals surface area contributed by atoms with E-state index in [-0.39, 0.29) is 17.8 Å². The highest BCUT2D eigenvalue weighted by atomic mass is 16.5. The molecule has 0 saturated heterocycles. The second-order valence-corrected chi connectivity index (χ2v) is 8.17. The first-order valence-corrected chi connectivity index (χ1v) is 10.7. The fourth-order valence-electron chi connectivity index (χ4n) is 5.01. The second kappa shape index (κ2) is 7.62. The van der Waals surface area contributed by atoms with Crippen LogP contribution in [0.25, 0.3) is 17.0 Å². The predicted molar refractivity (Wildman–Crippen MR) is 122 cm³/mol. The summed E-state index contributed by atoms with van der Waals surface area (Å²) in [6.07, 6.45) is 8.87. The number of nitrogens with one attached hydrogen (secondary N) is 1. The van der Waals surface area contributed by atoms with Crippen LogP contribution >= 0.6 is 0 Å². The molecule has 0 spiro atoms. The number of carbonyl (C=O) groups excluding carboxylic acids is 1. The molecule has 2 heterocycles. The minimum Gasteiger partial charge on any atom is -0.469 e. The number of fused-ring (bicyclic) bond motifs is 2. The minimum atomic E-state index is -0.279. The van der Waals surface area contributed by atoms with Crippen LogP contribution in [0.2, 0.25) is 0 Å². The fraction of sp³-hybridized carbons (Fsp3) is 0.222. The van der Waals surface area contributed by atoms with Gasteiger partial charge in [0.1, 0.15) is 5.76 Å². The Balaban J connectivity index is 1.58. The summed E-state index contributed by atoms with van der Waals surface area (Å²) in [5.74, 6) is 0.257. The van der Waals surface area contributed by atoms with E-state index >= 15 is 0 Å². The van der Waals surface area contributed by atoms with Gasteiger partial charge in [-0.2, -0.15) is 0 Å². The van der Waals surface area contributed by atoms with Gasteiger partial charge in [0.2, 0.25) is 0 Å². The number of para-hydroxylation sites is 1. The van der Waals surface area contributed by atoms with Crippen molar-refractivity contribution in [2.75, 3.05) is 6.61 Å². The number of aromatic amines is 1. The van der Waals surface area contributed by atoms with Crippen LogP contribution in [-0.2, 0) is 9.53 Å². The summed E-state index contributed by atoms with van der Waals surface area (Å²) in [6, 6.07) is 12.1. The second-order valence-electron chi connectivity index (χ2n) is 8.17. The Kier molecular flexibility index (Phi) is 4.78. The Morgan fingerprint density at radius 1 is 1.26 bits per heavy atom. The highest BCUT2D eigenvalue weighted by molar-refractivity contribution is 5.93. The monoisotopic (exact) mass is 411 g/mol. The number of aromatic nitrogens is 1. The summed E-state index contributed by atoms with van der Waals surface area (Å²) in [4.78, 5) is 16.2. The average molecular weight is 412 g/mol. The largest absolute Gasteiger partial charge is 0.469 e. The van der Waals surface area contributed by atoms with E-state index in [4.69, 9.17) is 9.15 Å². The maximum absolute atomic E-state index is 12.9. The molecule has 2 aliphatic carbocycles. The van der Waals surface area contributed by atoms with Crippen LogP contribution in [0.4, 0.5) is 0 Å². The standard InChI is InChI=1S/C27H25NO3/c1-4-30-27(29)24-16(2)12-19-13-18(14-20-15-28-22-9-6-5-8-21(20)22)17(3)25(19)26(24)23-10-7-11-31-23/h5-12,14-15,25-26,28H,3-4,13H2,1-2H3/b18-14+. The van der Waals surface area contributed by atoms with Crippen molar-refractivity contribution in [2.45, 2.75) is 26.2 Å². The molecule has 1 N–H and O–H groups in total. The van der Waals surface area contributed by atoms with Crippen molar-refractivity contribution in [1.82, 2.24) is 4.98 Å². The van der Waals surface area contributed by atoms with E-state index in [0.29, 0.717) is 12.2 Å². The maximum atomic E-state index is 12.9. The smallest absolute Gasteiger partial charge is 0.335 e. The third-order valence-electron chi connectivity index (χ3n) is 6.35.